The molecule has 6 nitrogen and oxygen atoms in total. The molecule has 0 atom stereocenters. The Labute approximate surface area is 131 Å². The number of pyridine rings is 1. The van der Waals surface area contributed by atoms with Gasteiger partial charge in [-0.3, -0.25) is 9.78 Å². The molecule has 120 valence electrons. The van der Waals surface area contributed by atoms with E-state index < -0.39 is 0 Å². The molecule has 0 aliphatic carbocycles. The number of hydrogen-bond acceptors (Lipinski definition) is 4. The number of carbonyl (C=O) groups excluding carboxylic acids is 2. The molecular formula is C16H23N3O3. The molecule has 0 radical (unpaired) electrons. The zero-order valence-electron chi connectivity index (χ0n) is 13.5. The number of rotatable bonds is 4. The van der Waals surface area contributed by atoms with Gasteiger partial charge in [0.1, 0.15) is 0 Å². The largest absolute Gasteiger partial charge is 0.450 e. The third kappa shape index (κ3) is 3.21. The van der Waals surface area contributed by atoms with Crippen molar-refractivity contribution in [3.8, 4) is 0 Å². The van der Waals surface area contributed by atoms with E-state index in [2.05, 4.69) is 4.98 Å². The molecule has 1 aromatic heterocycles. The quantitative estimate of drug-likeness (QED) is 0.854. The zero-order chi connectivity index (χ0) is 16.1. The van der Waals surface area contributed by atoms with Crippen LogP contribution in [0.1, 0.15) is 42.3 Å². The van der Waals surface area contributed by atoms with Gasteiger partial charge in [-0.2, -0.15) is 0 Å². The molecule has 2 rings (SSSR count). The number of aromatic nitrogens is 1. The molecule has 0 aromatic carbocycles. The van der Waals surface area contributed by atoms with Gasteiger partial charge in [-0.25, -0.2) is 4.79 Å². The first-order chi connectivity index (χ1) is 10.6. The molecule has 1 aliphatic rings. The minimum atomic E-state index is -0.311. The topological polar surface area (TPSA) is 62.7 Å². The normalized spacial score (nSPS) is 13.5. The minimum absolute atomic E-state index is 0.0129. The van der Waals surface area contributed by atoms with E-state index in [0.717, 1.165) is 11.1 Å². The van der Waals surface area contributed by atoms with Gasteiger partial charge in [0.25, 0.3) is 5.91 Å². The second-order valence-corrected chi connectivity index (χ2v) is 5.17. The van der Waals surface area contributed by atoms with Crippen LogP contribution in [-0.4, -0.2) is 53.0 Å². The Bertz CT molecular complexity index is 556. The lowest BCUT2D eigenvalue weighted by Gasteiger charge is -2.29. The summed E-state index contributed by atoms with van der Waals surface area (Å²) in [5, 5.41) is 0. The van der Waals surface area contributed by atoms with Crippen LogP contribution in [-0.2, 0) is 17.7 Å². The molecule has 0 unspecified atom stereocenters. The van der Waals surface area contributed by atoms with Gasteiger partial charge < -0.3 is 14.5 Å². The van der Waals surface area contributed by atoms with Crippen molar-refractivity contribution in [2.45, 2.75) is 33.7 Å². The van der Waals surface area contributed by atoms with Crippen molar-refractivity contribution in [2.24, 2.45) is 0 Å². The summed E-state index contributed by atoms with van der Waals surface area (Å²) < 4.78 is 5.04. The van der Waals surface area contributed by atoms with Gasteiger partial charge in [0, 0.05) is 32.0 Å². The third-order valence-corrected chi connectivity index (χ3v) is 3.95. The zero-order valence-corrected chi connectivity index (χ0v) is 13.5. The molecule has 0 N–H and O–H groups in total. The van der Waals surface area contributed by atoms with E-state index in [1.165, 1.54) is 0 Å². The van der Waals surface area contributed by atoms with Gasteiger partial charge in [0.15, 0.2) is 0 Å². The molecule has 2 amide bonds. The maximum atomic E-state index is 12.6. The second kappa shape index (κ2) is 7.24. The Morgan fingerprint density at radius 1 is 1.27 bits per heavy atom. The Hall–Kier alpha value is -2.11. The molecule has 0 saturated heterocycles. The molecule has 22 heavy (non-hydrogen) atoms. The van der Waals surface area contributed by atoms with Crippen molar-refractivity contribution in [3.63, 3.8) is 0 Å². The fourth-order valence-electron chi connectivity index (χ4n) is 2.73. The van der Waals surface area contributed by atoms with Crippen LogP contribution in [0.4, 0.5) is 4.79 Å². The number of carbonyl (C=O) groups is 2. The summed E-state index contributed by atoms with van der Waals surface area (Å²) in [6.45, 7) is 8.44. The predicted octanol–water partition coefficient (Wildman–Crippen LogP) is 2.08. The summed E-state index contributed by atoms with van der Waals surface area (Å²) in [6.07, 6.45) is 3.71. The van der Waals surface area contributed by atoms with Gasteiger partial charge in [-0.05, 0) is 38.3 Å². The van der Waals surface area contributed by atoms with E-state index in [1.54, 1.807) is 29.1 Å². The second-order valence-electron chi connectivity index (χ2n) is 5.17. The molecule has 6 heteroatoms. The summed E-state index contributed by atoms with van der Waals surface area (Å²) >= 11 is 0. The van der Waals surface area contributed by atoms with Gasteiger partial charge in [-0.1, -0.05) is 0 Å². The van der Waals surface area contributed by atoms with Gasteiger partial charge in [0.2, 0.25) is 0 Å². The number of amides is 2. The van der Waals surface area contributed by atoms with Crippen molar-refractivity contribution in [1.29, 1.82) is 0 Å². The first-order valence-electron chi connectivity index (χ1n) is 7.79. The maximum absolute atomic E-state index is 12.6. The number of fused-ring (bicyclic) bond motifs is 1. The van der Waals surface area contributed by atoms with Crippen molar-refractivity contribution in [3.05, 3.63) is 29.1 Å². The number of ether oxygens (including phenoxy) is 1. The van der Waals surface area contributed by atoms with Crippen LogP contribution in [0.2, 0.25) is 0 Å². The molecular weight excluding hydrogens is 282 g/mol. The van der Waals surface area contributed by atoms with Crippen molar-refractivity contribution >= 4 is 12.0 Å². The van der Waals surface area contributed by atoms with E-state index in [9.17, 15) is 9.59 Å². The summed E-state index contributed by atoms with van der Waals surface area (Å²) in [6, 6.07) is 0. The third-order valence-electron chi connectivity index (χ3n) is 3.95. The van der Waals surface area contributed by atoms with E-state index in [1.807, 2.05) is 13.8 Å². The summed E-state index contributed by atoms with van der Waals surface area (Å²) in [4.78, 5) is 32.0. The Morgan fingerprint density at radius 3 is 2.64 bits per heavy atom. The molecule has 1 aliphatic heterocycles. The predicted molar refractivity (Wildman–Crippen MR) is 82.6 cm³/mol. The minimum Gasteiger partial charge on any atom is -0.450 e. The summed E-state index contributed by atoms with van der Waals surface area (Å²) in [5.41, 5.74) is 2.59. The SMILES string of the molecule is CCOC(=O)N1CCc2c(cncc2C(=O)N(CC)CC)C1. The molecule has 0 saturated carbocycles. The van der Waals surface area contributed by atoms with Crippen LogP contribution in [0.3, 0.4) is 0 Å². The van der Waals surface area contributed by atoms with Crippen LogP contribution in [0.5, 0.6) is 0 Å². The van der Waals surface area contributed by atoms with Gasteiger partial charge >= 0.3 is 6.09 Å². The molecule has 0 bridgehead atoms. The molecule has 0 spiro atoms. The molecule has 2 heterocycles. The van der Waals surface area contributed by atoms with E-state index in [4.69, 9.17) is 4.74 Å². The highest BCUT2D eigenvalue weighted by Crippen LogP contribution is 2.23. The summed E-state index contributed by atoms with van der Waals surface area (Å²) in [7, 11) is 0. The van der Waals surface area contributed by atoms with E-state index >= 15 is 0 Å². The lowest BCUT2D eigenvalue weighted by molar-refractivity contribution is 0.0770. The Morgan fingerprint density at radius 2 is 2.00 bits per heavy atom. The van der Waals surface area contributed by atoms with Crippen LogP contribution in [0.25, 0.3) is 0 Å². The van der Waals surface area contributed by atoms with Crippen molar-refractivity contribution in [2.75, 3.05) is 26.2 Å². The van der Waals surface area contributed by atoms with Gasteiger partial charge in [0.05, 0.1) is 18.7 Å². The van der Waals surface area contributed by atoms with Crippen LogP contribution in [0.15, 0.2) is 12.4 Å². The fraction of sp³-hybridized carbons (Fsp3) is 0.562. The van der Waals surface area contributed by atoms with Crippen LogP contribution >= 0.6 is 0 Å². The lowest BCUT2D eigenvalue weighted by atomic mass is 9.96. The average molecular weight is 305 g/mol. The average Bonchev–Trinajstić information content (AvgIpc) is 2.55. The van der Waals surface area contributed by atoms with Crippen molar-refractivity contribution < 1.29 is 14.3 Å². The van der Waals surface area contributed by atoms with Crippen molar-refractivity contribution in [1.82, 2.24) is 14.8 Å². The maximum Gasteiger partial charge on any atom is 0.410 e. The molecule has 0 fully saturated rings. The highest BCUT2D eigenvalue weighted by Gasteiger charge is 2.26. The van der Waals surface area contributed by atoms with Crippen LogP contribution in [0, 0.1) is 0 Å². The lowest BCUT2D eigenvalue weighted by Crippen LogP contribution is -2.38. The highest BCUT2D eigenvalue weighted by atomic mass is 16.6. The first kappa shape index (κ1) is 16.3. The van der Waals surface area contributed by atoms with E-state index in [-0.39, 0.29) is 12.0 Å². The van der Waals surface area contributed by atoms with Crippen LogP contribution < -0.4 is 0 Å². The standard InChI is InChI=1S/C16H23N3O3/c1-4-18(5-2)15(20)14-10-17-9-12-11-19(8-7-13(12)14)16(21)22-6-3/h9-10H,4-8,11H2,1-3H3. The smallest absolute Gasteiger partial charge is 0.410 e. The highest BCUT2D eigenvalue weighted by molar-refractivity contribution is 5.95. The fourth-order valence-corrected chi connectivity index (χ4v) is 2.73. The monoisotopic (exact) mass is 305 g/mol. The van der Waals surface area contributed by atoms with Gasteiger partial charge in [-0.15, -0.1) is 0 Å². The number of hydrogen-bond donors (Lipinski definition) is 0. The number of nitrogens with zero attached hydrogens (tertiary/aromatic N) is 3. The molecule has 1 aromatic rings. The Balaban J connectivity index is 2.24. The van der Waals surface area contributed by atoms with E-state index in [0.29, 0.717) is 44.8 Å². The Kier molecular flexibility index (Phi) is 5.35. The first-order valence-corrected chi connectivity index (χ1v) is 7.79. The summed E-state index contributed by atoms with van der Waals surface area (Å²) in [5.74, 6) is 0.0129.